The van der Waals surface area contributed by atoms with Crippen LogP contribution in [0.5, 0.6) is 0 Å². The number of piperidine rings is 3. The molecule has 0 aliphatic carbocycles. The van der Waals surface area contributed by atoms with Crippen molar-refractivity contribution in [3.63, 3.8) is 0 Å². The zero-order valence-electron chi connectivity index (χ0n) is 9.23. The Balaban J connectivity index is 1.45. The van der Waals surface area contributed by atoms with E-state index in [0.717, 1.165) is 16.6 Å². The Labute approximate surface area is 109 Å². The van der Waals surface area contributed by atoms with E-state index in [1.165, 1.54) is 43.6 Å². The molecule has 0 amide bonds. The van der Waals surface area contributed by atoms with Crippen molar-refractivity contribution in [1.82, 2.24) is 14.7 Å². The third-order valence-electron chi connectivity index (χ3n) is 3.80. The zero-order chi connectivity index (χ0) is 11.4. The van der Waals surface area contributed by atoms with Gasteiger partial charge in [-0.15, -0.1) is 4.41 Å². The molecule has 0 spiro atoms. The summed E-state index contributed by atoms with van der Waals surface area (Å²) in [6.45, 7) is 3.41. The average molecular weight is 273 g/mol. The van der Waals surface area contributed by atoms with Gasteiger partial charge in [0.15, 0.2) is 0 Å². The lowest BCUT2D eigenvalue weighted by Gasteiger charge is -2.40. The summed E-state index contributed by atoms with van der Waals surface area (Å²) in [6.07, 6.45) is 2.36. The fourth-order valence-corrected chi connectivity index (χ4v) is 3.89. The molecule has 0 radical (unpaired) electrons. The van der Waals surface area contributed by atoms with E-state index < -0.39 is 0 Å². The van der Waals surface area contributed by atoms with Gasteiger partial charge in [0, 0.05) is 12.5 Å². The second-order valence-corrected chi connectivity index (χ2v) is 6.39. The normalized spacial score (nSPS) is 44.9. The zero-order valence-corrected chi connectivity index (χ0v) is 10.8. The van der Waals surface area contributed by atoms with Crippen LogP contribution in [-0.4, -0.2) is 40.9 Å². The Morgan fingerprint density at radius 1 is 1.41 bits per heavy atom. The molecule has 1 N–H and O–H groups in total. The van der Waals surface area contributed by atoms with E-state index >= 15 is 0 Å². The van der Waals surface area contributed by atoms with Crippen LogP contribution in [0.2, 0.25) is 0 Å². The molecular formula is C10H13ClN4OS. The maximum Gasteiger partial charge on any atom is 0.250 e. The van der Waals surface area contributed by atoms with Crippen LogP contribution in [0, 0.1) is 5.92 Å². The monoisotopic (exact) mass is 272 g/mol. The second kappa shape index (κ2) is 3.78. The van der Waals surface area contributed by atoms with Crippen LogP contribution in [0.4, 0.5) is 0 Å². The van der Waals surface area contributed by atoms with E-state index in [0.29, 0.717) is 5.92 Å². The number of hydrogen-bond acceptors (Lipinski definition) is 6. The molecule has 6 rings (SSSR count). The molecule has 5 nitrogen and oxygen atoms in total. The molecular weight excluding hydrogens is 260 g/mol. The number of hydrogen-bond donors (Lipinski definition) is 1. The summed E-state index contributed by atoms with van der Waals surface area (Å²) in [5.74, 6) is 0.637. The number of oxime groups is 1. The van der Waals surface area contributed by atoms with Gasteiger partial charge >= 0.3 is 0 Å². The van der Waals surface area contributed by atoms with Gasteiger partial charge in [0.05, 0.1) is 5.71 Å². The van der Waals surface area contributed by atoms with Crippen LogP contribution in [0.3, 0.4) is 0 Å². The van der Waals surface area contributed by atoms with E-state index in [9.17, 15) is 0 Å². The summed E-state index contributed by atoms with van der Waals surface area (Å²) in [5, 5.41) is 4.35. The number of rotatable bonds is 2. The topological polar surface area (TPSA) is 40.1 Å². The number of nitrogens with one attached hydrogen (secondary N) is 1. The predicted octanol–water partition coefficient (Wildman–Crippen LogP) is 1.30. The smallest absolute Gasteiger partial charge is 0.250 e. The molecule has 0 aromatic rings. The van der Waals surface area contributed by atoms with E-state index in [1.54, 1.807) is 0 Å². The highest BCUT2D eigenvalue weighted by molar-refractivity contribution is 8.02. The fourth-order valence-electron chi connectivity index (χ4n) is 2.73. The maximum atomic E-state index is 5.99. The number of hydrazine groups is 1. The van der Waals surface area contributed by atoms with Gasteiger partial charge in [-0.3, -0.25) is 4.90 Å². The average Bonchev–Trinajstić information content (AvgIpc) is 2.86. The number of fused-ring (bicyclic) bond motifs is 4. The van der Waals surface area contributed by atoms with Gasteiger partial charge in [-0.25, -0.2) is 0 Å². The third-order valence-corrected chi connectivity index (χ3v) is 5.07. The SMILES string of the molecule is ClC1=C2NN(S1)C2ON=C1CN2CCC1CC2. The Bertz CT molecular complexity index is 419. The summed E-state index contributed by atoms with van der Waals surface area (Å²) >= 11 is 7.45. The highest BCUT2D eigenvalue weighted by Crippen LogP contribution is 2.45. The highest BCUT2D eigenvalue weighted by atomic mass is 35.5. The first-order chi connectivity index (χ1) is 8.31. The molecule has 4 bridgehead atoms. The lowest BCUT2D eigenvalue weighted by Crippen LogP contribution is -2.53. The molecule has 6 aliphatic rings. The fraction of sp³-hybridized carbons (Fsp3) is 0.700. The molecule has 92 valence electrons. The minimum absolute atomic E-state index is 0.101. The molecule has 6 aliphatic heterocycles. The van der Waals surface area contributed by atoms with Gasteiger partial charge < -0.3 is 10.3 Å². The summed E-state index contributed by atoms with van der Waals surface area (Å²) in [4.78, 5) is 8.03. The summed E-state index contributed by atoms with van der Waals surface area (Å²) in [7, 11) is 0. The van der Waals surface area contributed by atoms with Crippen LogP contribution in [0.25, 0.3) is 0 Å². The number of halogens is 1. The Morgan fingerprint density at radius 2 is 2.24 bits per heavy atom. The van der Waals surface area contributed by atoms with E-state index in [2.05, 4.69) is 15.5 Å². The van der Waals surface area contributed by atoms with Crippen LogP contribution < -0.4 is 5.43 Å². The molecule has 0 aromatic heterocycles. The lowest BCUT2D eigenvalue weighted by molar-refractivity contribution is -0.0533. The molecule has 7 heteroatoms. The van der Waals surface area contributed by atoms with Gasteiger partial charge in [-0.05, 0) is 37.9 Å². The minimum Gasteiger partial charge on any atom is -0.367 e. The van der Waals surface area contributed by atoms with Crippen molar-refractivity contribution in [3.05, 3.63) is 10.1 Å². The number of nitrogens with zero attached hydrogens (tertiary/aromatic N) is 3. The molecule has 2 unspecified atom stereocenters. The molecule has 4 fully saturated rings. The first-order valence-corrected chi connectivity index (χ1v) is 7.05. The molecule has 0 aromatic carbocycles. The molecule has 4 saturated heterocycles. The van der Waals surface area contributed by atoms with Gasteiger partial charge in [0.2, 0.25) is 0 Å². The second-order valence-electron chi connectivity index (χ2n) is 4.81. The van der Waals surface area contributed by atoms with Crippen molar-refractivity contribution in [2.24, 2.45) is 11.1 Å². The van der Waals surface area contributed by atoms with E-state index in [-0.39, 0.29) is 6.23 Å². The predicted molar refractivity (Wildman–Crippen MR) is 66.9 cm³/mol. The van der Waals surface area contributed by atoms with Crippen LogP contribution in [0.15, 0.2) is 15.2 Å². The molecule has 6 heterocycles. The van der Waals surface area contributed by atoms with Crippen molar-refractivity contribution in [2.75, 3.05) is 19.6 Å². The Kier molecular flexibility index (Phi) is 2.33. The summed E-state index contributed by atoms with van der Waals surface area (Å²) in [5.41, 5.74) is 5.23. The van der Waals surface area contributed by atoms with Gasteiger partial charge in [0.25, 0.3) is 6.23 Å². The molecule has 0 saturated carbocycles. The standard InChI is InChI=1S/C10H13ClN4OS/c11-9-8-10(15(12-8)17-9)16-13-7-5-14-3-1-6(7)2-4-14/h6,10,12H,1-5H2. The van der Waals surface area contributed by atoms with Crippen molar-refractivity contribution in [2.45, 2.75) is 19.1 Å². The minimum atomic E-state index is -0.101. The first-order valence-electron chi connectivity index (χ1n) is 5.90. The Morgan fingerprint density at radius 3 is 2.76 bits per heavy atom. The summed E-state index contributed by atoms with van der Waals surface area (Å²) in [6, 6.07) is 0. The first kappa shape index (κ1) is 10.5. The van der Waals surface area contributed by atoms with Crippen molar-refractivity contribution >= 4 is 29.3 Å². The van der Waals surface area contributed by atoms with Crippen LogP contribution in [0.1, 0.15) is 12.8 Å². The van der Waals surface area contributed by atoms with Crippen LogP contribution in [-0.2, 0) is 4.84 Å². The maximum absolute atomic E-state index is 5.99. The van der Waals surface area contributed by atoms with E-state index in [4.69, 9.17) is 16.4 Å². The molecule has 2 atom stereocenters. The van der Waals surface area contributed by atoms with Crippen molar-refractivity contribution < 1.29 is 4.84 Å². The molecule has 17 heavy (non-hydrogen) atoms. The Hall–Kier alpha value is -0.430. The van der Waals surface area contributed by atoms with Gasteiger partial charge in [-0.2, -0.15) is 0 Å². The van der Waals surface area contributed by atoms with Crippen molar-refractivity contribution in [1.29, 1.82) is 0 Å². The third kappa shape index (κ3) is 1.58. The van der Waals surface area contributed by atoms with Gasteiger partial charge in [0.1, 0.15) is 10.1 Å². The van der Waals surface area contributed by atoms with E-state index in [1.807, 2.05) is 4.41 Å². The quantitative estimate of drug-likeness (QED) is 0.606. The largest absolute Gasteiger partial charge is 0.367 e. The lowest BCUT2D eigenvalue weighted by atomic mass is 9.87. The van der Waals surface area contributed by atoms with Gasteiger partial charge in [-0.1, -0.05) is 16.8 Å². The van der Waals surface area contributed by atoms with Crippen LogP contribution >= 0.6 is 23.5 Å². The summed E-state index contributed by atoms with van der Waals surface area (Å²) < 4.78 is 2.65. The van der Waals surface area contributed by atoms with Crippen molar-refractivity contribution in [3.8, 4) is 0 Å². The highest BCUT2D eigenvalue weighted by Gasteiger charge is 2.46.